The van der Waals surface area contributed by atoms with Gasteiger partial charge < -0.3 is 19.8 Å². The molecule has 1 aromatic heterocycles. The van der Waals surface area contributed by atoms with Gasteiger partial charge in [0.15, 0.2) is 0 Å². The molecule has 1 aliphatic rings. The van der Waals surface area contributed by atoms with Crippen molar-refractivity contribution in [3.8, 4) is 11.1 Å². The lowest BCUT2D eigenvalue weighted by Gasteiger charge is -2.23. The van der Waals surface area contributed by atoms with Gasteiger partial charge in [-0.25, -0.2) is 4.79 Å². The number of amides is 2. The van der Waals surface area contributed by atoms with Crippen LogP contribution in [-0.2, 0) is 20.9 Å². The Hall–Kier alpha value is -4.10. The molecule has 2 amide bonds. The maximum absolute atomic E-state index is 13.4. The third-order valence-corrected chi connectivity index (χ3v) is 6.49. The van der Waals surface area contributed by atoms with E-state index in [0.29, 0.717) is 18.7 Å². The molecular formula is C30H31N3O4. The Bertz CT molecular complexity index is 1380. The largest absolute Gasteiger partial charge is 0.445 e. The van der Waals surface area contributed by atoms with Crippen LogP contribution in [0.2, 0.25) is 0 Å². The minimum absolute atomic E-state index is 0.0111. The zero-order chi connectivity index (χ0) is 25.8. The van der Waals surface area contributed by atoms with Crippen LogP contribution in [0.25, 0.3) is 22.0 Å². The highest BCUT2D eigenvalue weighted by molar-refractivity contribution is 5.97. The predicted octanol–water partition coefficient (Wildman–Crippen LogP) is 5.98. The Morgan fingerprint density at radius 1 is 1.00 bits per heavy atom. The normalized spacial score (nSPS) is 17.3. The average molecular weight is 498 g/mol. The van der Waals surface area contributed by atoms with Crippen LogP contribution in [0.4, 0.5) is 10.5 Å². The smallest absolute Gasteiger partial charge is 0.410 e. The van der Waals surface area contributed by atoms with Gasteiger partial charge in [0.05, 0.1) is 18.8 Å². The van der Waals surface area contributed by atoms with Crippen molar-refractivity contribution in [1.82, 2.24) is 9.88 Å². The van der Waals surface area contributed by atoms with E-state index in [1.165, 1.54) is 4.90 Å². The average Bonchev–Trinajstić information content (AvgIpc) is 3.54. The summed E-state index contributed by atoms with van der Waals surface area (Å²) < 4.78 is 11.5. The van der Waals surface area contributed by atoms with Crippen molar-refractivity contribution < 1.29 is 19.1 Å². The summed E-state index contributed by atoms with van der Waals surface area (Å²) in [5, 5.41) is 4.13. The van der Waals surface area contributed by atoms with E-state index in [4.69, 9.17) is 9.47 Å². The van der Waals surface area contributed by atoms with Gasteiger partial charge in [-0.3, -0.25) is 9.69 Å². The number of aromatic nitrogens is 1. The molecule has 1 aliphatic heterocycles. The van der Waals surface area contributed by atoms with Crippen LogP contribution in [-0.4, -0.2) is 46.7 Å². The molecule has 3 aromatic carbocycles. The zero-order valence-electron chi connectivity index (χ0n) is 21.0. The molecule has 1 fully saturated rings. The molecule has 0 spiro atoms. The lowest BCUT2D eigenvalue weighted by atomic mass is 10.0. The van der Waals surface area contributed by atoms with Crippen LogP contribution in [0.1, 0.15) is 25.8 Å². The molecule has 0 saturated carbocycles. The number of anilines is 1. The molecule has 0 radical (unpaired) electrons. The summed E-state index contributed by atoms with van der Waals surface area (Å²) in [6.45, 7) is 4.35. The number of nitrogens with one attached hydrogen (secondary N) is 2. The minimum Gasteiger partial charge on any atom is -0.445 e. The van der Waals surface area contributed by atoms with Crippen LogP contribution in [0.3, 0.4) is 0 Å². The Balaban J connectivity index is 1.30. The summed E-state index contributed by atoms with van der Waals surface area (Å²) in [6, 6.07) is 24.8. The number of benzene rings is 3. The number of nitrogens with zero attached hydrogens (tertiary/aromatic N) is 1. The number of fused-ring (bicyclic) bond motifs is 1. The molecule has 1 saturated heterocycles. The fourth-order valence-corrected chi connectivity index (χ4v) is 4.77. The van der Waals surface area contributed by atoms with Gasteiger partial charge in [0.1, 0.15) is 12.6 Å². The molecule has 2 unspecified atom stereocenters. The van der Waals surface area contributed by atoms with E-state index in [1.54, 1.807) is 0 Å². The highest BCUT2D eigenvalue weighted by Crippen LogP contribution is 2.28. The Kier molecular flexibility index (Phi) is 7.23. The van der Waals surface area contributed by atoms with Gasteiger partial charge >= 0.3 is 6.09 Å². The Morgan fingerprint density at radius 2 is 1.81 bits per heavy atom. The highest BCUT2D eigenvalue weighted by atomic mass is 16.6. The molecule has 2 atom stereocenters. The standard InChI is InChI=1S/C30H31N3O4/c1-20(2)37-26-17-28(33(18-26)30(35)36-19-21-7-4-3-5-8-21)29(34)32-25-10-6-9-22(16-25)23-11-12-27-24(15-23)13-14-31-27/h3-16,20,26,28,31H,17-19H2,1-2H3,(H,32,34). The molecule has 7 heteroatoms. The number of rotatable bonds is 7. The summed E-state index contributed by atoms with van der Waals surface area (Å²) in [6.07, 6.45) is 1.56. The quantitative estimate of drug-likeness (QED) is 0.329. The first-order valence-corrected chi connectivity index (χ1v) is 12.6. The molecule has 0 bridgehead atoms. The van der Waals surface area contributed by atoms with Crippen molar-refractivity contribution in [3.05, 3.63) is 90.6 Å². The van der Waals surface area contributed by atoms with E-state index in [2.05, 4.69) is 22.4 Å². The molecule has 0 aliphatic carbocycles. The van der Waals surface area contributed by atoms with Crippen LogP contribution in [0, 0.1) is 0 Å². The third kappa shape index (κ3) is 5.84. The Morgan fingerprint density at radius 3 is 2.62 bits per heavy atom. The number of H-pyrrole nitrogens is 1. The lowest BCUT2D eigenvalue weighted by molar-refractivity contribution is -0.120. The van der Waals surface area contributed by atoms with Crippen molar-refractivity contribution >= 4 is 28.6 Å². The van der Waals surface area contributed by atoms with E-state index < -0.39 is 12.1 Å². The van der Waals surface area contributed by atoms with E-state index in [0.717, 1.165) is 27.6 Å². The number of carbonyl (C=O) groups is 2. The van der Waals surface area contributed by atoms with Gasteiger partial charge in [0.2, 0.25) is 5.91 Å². The predicted molar refractivity (Wildman–Crippen MR) is 144 cm³/mol. The number of carbonyl (C=O) groups excluding carboxylic acids is 2. The topological polar surface area (TPSA) is 83.7 Å². The van der Waals surface area contributed by atoms with E-state index >= 15 is 0 Å². The molecule has 2 heterocycles. The van der Waals surface area contributed by atoms with Gasteiger partial charge in [-0.2, -0.15) is 0 Å². The van der Waals surface area contributed by atoms with E-state index in [-0.39, 0.29) is 24.7 Å². The second-order valence-electron chi connectivity index (χ2n) is 9.60. The summed E-state index contributed by atoms with van der Waals surface area (Å²) >= 11 is 0. The van der Waals surface area contributed by atoms with Gasteiger partial charge in [0, 0.05) is 23.8 Å². The fourth-order valence-electron chi connectivity index (χ4n) is 4.77. The fraction of sp³-hybridized carbons (Fsp3) is 0.267. The minimum atomic E-state index is -0.688. The third-order valence-electron chi connectivity index (χ3n) is 6.49. The first kappa shape index (κ1) is 24.6. The monoisotopic (exact) mass is 497 g/mol. The SMILES string of the molecule is CC(C)OC1CC(C(=O)Nc2cccc(-c3ccc4[nH]ccc4c3)c2)N(C(=O)OCc2ccccc2)C1. The summed E-state index contributed by atoms with van der Waals surface area (Å²) in [5.74, 6) is -0.259. The van der Waals surface area contributed by atoms with E-state index in [9.17, 15) is 9.59 Å². The van der Waals surface area contributed by atoms with Crippen molar-refractivity contribution in [2.24, 2.45) is 0 Å². The second kappa shape index (κ2) is 10.9. The van der Waals surface area contributed by atoms with Crippen LogP contribution >= 0.6 is 0 Å². The second-order valence-corrected chi connectivity index (χ2v) is 9.60. The Labute approximate surface area is 216 Å². The van der Waals surface area contributed by atoms with E-state index in [1.807, 2.05) is 86.8 Å². The van der Waals surface area contributed by atoms with Crippen molar-refractivity contribution in [2.75, 3.05) is 11.9 Å². The maximum atomic E-state index is 13.4. The number of hydrogen-bond donors (Lipinski definition) is 2. The molecule has 190 valence electrons. The van der Waals surface area contributed by atoms with Gasteiger partial charge in [-0.15, -0.1) is 0 Å². The number of likely N-dealkylation sites (tertiary alicyclic amines) is 1. The number of ether oxygens (including phenoxy) is 2. The van der Waals surface area contributed by atoms with Crippen molar-refractivity contribution in [1.29, 1.82) is 0 Å². The molecule has 7 nitrogen and oxygen atoms in total. The highest BCUT2D eigenvalue weighted by Gasteiger charge is 2.41. The van der Waals surface area contributed by atoms with Gasteiger partial charge in [-0.1, -0.05) is 48.5 Å². The van der Waals surface area contributed by atoms with Crippen molar-refractivity contribution in [3.63, 3.8) is 0 Å². The molecular weight excluding hydrogens is 466 g/mol. The lowest BCUT2D eigenvalue weighted by Crippen LogP contribution is -2.43. The number of hydrogen-bond acceptors (Lipinski definition) is 4. The summed E-state index contributed by atoms with van der Waals surface area (Å²) in [7, 11) is 0. The van der Waals surface area contributed by atoms with Crippen LogP contribution < -0.4 is 5.32 Å². The van der Waals surface area contributed by atoms with Crippen molar-refractivity contribution in [2.45, 2.75) is 45.1 Å². The van der Waals surface area contributed by atoms with Gasteiger partial charge in [0.25, 0.3) is 0 Å². The summed E-state index contributed by atoms with van der Waals surface area (Å²) in [5.41, 5.74) is 4.68. The van der Waals surface area contributed by atoms with Crippen LogP contribution in [0.5, 0.6) is 0 Å². The molecule has 4 aromatic rings. The van der Waals surface area contributed by atoms with Crippen LogP contribution in [0.15, 0.2) is 85.1 Å². The molecule has 37 heavy (non-hydrogen) atoms. The molecule has 2 N–H and O–H groups in total. The first-order chi connectivity index (χ1) is 18.0. The maximum Gasteiger partial charge on any atom is 0.410 e. The molecule has 5 rings (SSSR count). The first-order valence-electron chi connectivity index (χ1n) is 12.6. The zero-order valence-corrected chi connectivity index (χ0v) is 21.0. The summed E-state index contributed by atoms with van der Waals surface area (Å²) in [4.78, 5) is 31.1. The number of aromatic amines is 1. The van der Waals surface area contributed by atoms with Gasteiger partial charge in [-0.05, 0) is 66.3 Å².